The maximum absolute atomic E-state index is 9.83. The summed E-state index contributed by atoms with van der Waals surface area (Å²) in [7, 11) is -6.11. The first-order valence-corrected chi connectivity index (χ1v) is 48.1. The zero-order chi connectivity index (χ0) is 95.5. The number of para-hydroxylation sites is 4. The van der Waals surface area contributed by atoms with Crippen LogP contribution in [0.1, 0.15) is 0 Å². The largest absolute Gasteiger partial charge is 0.488 e. The van der Waals surface area contributed by atoms with Gasteiger partial charge in [0.2, 0.25) is 11.9 Å². The van der Waals surface area contributed by atoms with E-state index in [2.05, 4.69) is 184 Å². The van der Waals surface area contributed by atoms with Gasteiger partial charge >= 0.3 is 28.5 Å². The monoisotopic (exact) mass is 1870 g/mol. The Kier molecular flexibility index (Phi) is 21.8. The van der Waals surface area contributed by atoms with E-state index in [4.69, 9.17) is 34.9 Å². The summed E-state index contributed by atoms with van der Waals surface area (Å²) >= 11 is 3.48. The Hall–Kier alpha value is -17.0. The molecule has 0 amide bonds. The molecule has 142 heavy (non-hydrogen) atoms. The normalized spacial score (nSPS) is 11.7. The standard InChI is InChI=1S/C34H22BN3O2S.C30H20BN3O2.C27H17BN2O2S.C26H18BN3O2/c39-35(40)23-17-18-29-27(20-23)25-13-4-6-15-28(25)38(29)24-12-8-11-22(19-24)34-36-31(21-9-2-1-3-10-21)33-32(37-34)26-14-5-7-16-30(26)41-33;35-31(36)21-15-17-27-25(18-21)23-12-6-7-13-26(23)34(27)30-32-28(20-9-2-1-3-10-20)24-16-14-19-8-4-5-11-22(19)29(24)33-30;31-28(32)17-10-12-22-21(13-17)27-18-6-2-1-5-16(18)9-11-23(27)30(22)26-14-20-19-7-3-4-8-24(19)33-25(20)15-29-26;31-27(32)18-14-15-24-21(16-18)19-10-5-7-13-23(19)30(24)26-28-22-12-6-4-11-20(22)25(29-26)17-8-2-1-3-9-17/h1-20,39-40H;1-18,35-36H;1-15,31-32H;1-16,31-32H. The molecular formula is C117H77B4N11O8S2. The third-order valence-electron chi connectivity index (χ3n) is 26.7. The number of pyridine rings is 1. The second-order valence-corrected chi connectivity index (χ2v) is 37.2. The zero-order valence-corrected chi connectivity index (χ0v) is 77.1. The van der Waals surface area contributed by atoms with Crippen LogP contribution in [0.5, 0.6) is 0 Å². The van der Waals surface area contributed by atoms with Crippen LogP contribution in [0.15, 0.2) is 419 Å². The van der Waals surface area contributed by atoms with Crippen molar-refractivity contribution >= 4 is 244 Å². The van der Waals surface area contributed by atoms with Crippen LogP contribution in [0, 0.1) is 0 Å². The minimum Gasteiger partial charge on any atom is -0.423 e. The average molecular weight is 1870 g/mol. The van der Waals surface area contributed by atoms with Crippen LogP contribution < -0.4 is 21.9 Å². The fourth-order valence-corrected chi connectivity index (χ4v) is 22.4. The predicted octanol–water partition coefficient (Wildman–Crippen LogP) is 21.6. The van der Waals surface area contributed by atoms with Crippen molar-refractivity contribution < 1.29 is 40.2 Å². The molecule has 28 aromatic rings. The van der Waals surface area contributed by atoms with Gasteiger partial charge in [0, 0.05) is 119 Å². The van der Waals surface area contributed by atoms with Gasteiger partial charge in [-0.2, -0.15) is 0 Å². The molecule has 10 heterocycles. The first-order valence-electron chi connectivity index (χ1n) is 46.4. The summed E-state index contributed by atoms with van der Waals surface area (Å²) in [4.78, 5) is 35.4. The summed E-state index contributed by atoms with van der Waals surface area (Å²) in [6.07, 6.45) is 1.96. The number of fused-ring (bicyclic) bond motifs is 24. The van der Waals surface area contributed by atoms with Crippen molar-refractivity contribution in [2.24, 2.45) is 0 Å². The van der Waals surface area contributed by atoms with E-state index in [0.717, 1.165) is 202 Å². The van der Waals surface area contributed by atoms with Gasteiger partial charge in [-0.05, 0) is 129 Å². The molecule has 0 unspecified atom stereocenters. The SMILES string of the molecule is OB(O)c1ccc2c(c1)c1c3ccccc3ccc1n2-c1cc2c(cn1)sc1ccccc12.OB(O)c1ccc2c(c1)c1ccccc1n2-c1cccc(-c2nc(-c3ccccc3)c3sc4ccccc4c3n2)c1.OB(O)c1ccc2c(c1)c1ccccc1n2-c1nc(-c2ccccc2)c2ccc3ccccc3c2n1.OB(O)c1ccc2c(c1)c1ccccc1n2-c1nc(-c2ccccc2)c2ccccc2n1. The van der Waals surface area contributed by atoms with Crippen LogP contribution in [0.4, 0.5) is 0 Å². The second kappa shape index (κ2) is 35.8. The molecule has 0 fully saturated rings. The van der Waals surface area contributed by atoms with Gasteiger partial charge in [-0.15, -0.1) is 22.7 Å². The first kappa shape index (κ1) is 86.5. The van der Waals surface area contributed by atoms with E-state index in [-0.39, 0.29) is 0 Å². The highest BCUT2D eigenvalue weighted by Gasteiger charge is 2.28. The van der Waals surface area contributed by atoms with Crippen molar-refractivity contribution in [3.05, 3.63) is 419 Å². The molecule has 18 aromatic carbocycles. The van der Waals surface area contributed by atoms with Crippen molar-refractivity contribution in [3.8, 4) is 68.6 Å². The number of hydrogen-bond acceptors (Lipinski definition) is 17. The number of aromatic nitrogens is 11. The fraction of sp³-hybridized carbons (Fsp3) is 0. The Morgan fingerprint density at radius 2 is 0.641 bits per heavy atom. The molecule has 28 rings (SSSR count). The van der Waals surface area contributed by atoms with E-state index in [9.17, 15) is 40.2 Å². The molecule has 25 heteroatoms. The number of thiophene rings is 2. The molecule has 0 radical (unpaired) electrons. The highest BCUT2D eigenvalue weighted by molar-refractivity contribution is 7.26. The number of rotatable bonds is 12. The topological polar surface area (TPSA) is 272 Å². The van der Waals surface area contributed by atoms with Crippen molar-refractivity contribution in [2.75, 3.05) is 0 Å². The van der Waals surface area contributed by atoms with E-state index in [0.29, 0.717) is 39.6 Å². The molecule has 0 aliphatic rings. The fourth-order valence-electron chi connectivity index (χ4n) is 20.2. The third-order valence-corrected chi connectivity index (χ3v) is 29.0. The van der Waals surface area contributed by atoms with Crippen molar-refractivity contribution in [3.63, 3.8) is 0 Å². The maximum atomic E-state index is 9.83. The Morgan fingerprint density at radius 3 is 1.21 bits per heavy atom. The first-order chi connectivity index (χ1) is 69.7. The second-order valence-electron chi connectivity index (χ2n) is 35.1. The lowest BCUT2D eigenvalue weighted by molar-refractivity contribution is 0.424. The van der Waals surface area contributed by atoms with Crippen LogP contribution >= 0.6 is 22.7 Å². The zero-order valence-electron chi connectivity index (χ0n) is 75.5. The van der Waals surface area contributed by atoms with E-state index in [1.54, 1.807) is 46.9 Å². The third kappa shape index (κ3) is 15.1. The van der Waals surface area contributed by atoms with Gasteiger partial charge in [-0.25, -0.2) is 34.9 Å². The summed E-state index contributed by atoms with van der Waals surface area (Å²) in [6.45, 7) is 0. The van der Waals surface area contributed by atoms with E-state index < -0.39 is 28.5 Å². The highest BCUT2D eigenvalue weighted by atomic mass is 32.1. The van der Waals surface area contributed by atoms with Crippen LogP contribution in [0.25, 0.3) is 240 Å². The van der Waals surface area contributed by atoms with Crippen molar-refractivity contribution in [2.45, 2.75) is 0 Å². The highest BCUT2D eigenvalue weighted by Crippen LogP contribution is 2.45. The molecule has 672 valence electrons. The molecule has 0 saturated heterocycles. The number of benzene rings is 18. The maximum Gasteiger partial charge on any atom is 0.488 e. The summed E-state index contributed by atoms with van der Waals surface area (Å²) in [5, 5.41) is 96.1. The predicted molar refractivity (Wildman–Crippen MR) is 585 cm³/mol. The Morgan fingerprint density at radius 1 is 0.225 bits per heavy atom. The molecule has 0 spiro atoms. The molecule has 0 aliphatic carbocycles. The van der Waals surface area contributed by atoms with E-state index in [1.165, 1.54) is 20.2 Å². The molecule has 0 saturated carbocycles. The van der Waals surface area contributed by atoms with Gasteiger partial charge < -0.3 is 44.8 Å². The molecule has 0 aliphatic heterocycles. The quantitative estimate of drug-likeness (QED) is 0.0417. The van der Waals surface area contributed by atoms with E-state index >= 15 is 0 Å². The molecule has 19 nitrogen and oxygen atoms in total. The van der Waals surface area contributed by atoms with Crippen LogP contribution in [-0.4, -0.2) is 122 Å². The van der Waals surface area contributed by atoms with Gasteiger partial charge in [0.1, 0.15) is 5.82 Å². The van der Waals surface area contributed by atoms with Crippen molar-refractivity contribution in [1.82, 2.24) is 53.2 Å². The summed E-state index contributed by atoms with van der Waals surface area (Å²) in [6, 6.07) is 137. The van der Waals surface area contributed by atoms with Crippen LogP contribution in [0.2, 0.25) is 0 Å². The lowest BCUT2D eigenvalue weighted by atomic mass is 9.79. The lowest BCUT2D eigenvalue weighted by Gasteiger charge is -2.13. The van der Waals surface area contributed by atoms with Crippen LogP contribution in [0.3, 0.4) is 0 Å². The van der Waals surface area contributed by atoms with Gasteiger partial charge in [0.25, 0.3) is 0 Å². The number of hydrogen-bond donors (Lipinski definition) is 8. The van der Waals surface area contributed by atoms with Gasteiger partial charge in [-0.1, -0.05) is 322 Å². The molecule has 8 N–H and O–H groups in total. The summed E-state index contributed by atoms with van der Waals surface area (Å²) < 4.78 is 13.2. The van der Waals surface area contributed by atoms with Crippen LogP contribution in [-0.2, 0) is 0 Å². The van der Waals surface area contributed by atoms with Gasteiger partial charge in [-0.3, -0.25) is 13.7 Å². The average Bonchev–Trinajstić information content (AvgIpc) is 1.56. The summed E-state index contributed by atoms with van der Waals surface area (Å²) in [5.74, 6) is 2.67. The Labute approximate surface area is 818 Å². The van der Waals surface area contributed by atoms with Gasteiger partial charge in [0.05, 0.1) is 87.2 Å². The molecule has 0 atom stereocenters. The van der Waals surface area contributed by atoms with Crippen molar-refractivity contribution in [1.29, 1.82) is 0 Å². The number of nitrogens with zero attached hydrogens (tertiary/aromatic N) is 11. The summed E-state index contributed by atoms with van der Waals surface area (Å²) in [5.41, 5.74) is 20.0. The molecular weight excluding hydrogens is 1790 g/mol. The minimum absolute atomic E-state index is 0.445. The van der Waals surface area contributed by atoms with E-state index in [1.807, 2.05) is 229 Å². The molecule has 0 bridgehead atoms. The molecule has 10 aromatic heterocycles. The Bertz CT molecular complexity index is 9910. The minimum atomic E-state index is -1.54. The lowest BCUT2D eigenvalue weighted by Crippen LogP contribution is -2.29. The van der Waals surface area contributed by atoms with Gasteiger partial charge in [0.15, 0.2) is 5.82 Å². The smallest absolute Gasteiger partial charge is 0.423 e. The Balaban J connectivity index is 0.0000001000.